The molecule has 1 heterocycles. The minimum Gasteiger partial charge on any atom is -0.356 e. The number of piperidine rings is 1. The van der Waals surface area contributed by atoms with Gasteiger partial charge in [-0.3, -0.25) is 4.79 Å². The quantitative estimate of drug-likeness (QED) is 0.764. The molecule has 3 heteroatoms. The maximum Gasteiger partial charge on any atom is 0.223 e. The van der Waals surface area contributed by atoms with E-state index in [9.17, 15) is 4.79 Å². The van der Waals surface area contributed by atoms with Gasteiger partial charge in [0, 0.05) is 12.5 Å². The monoisotopic (exact) mass is 254 g/mol. The van der Waals surface area contributed by atoms with Crippen molar-refractivity contribution in [2.45, 2.75) is 47.0 Å². The van der Waals surface area contributed by atoms with Crippen molar-refractivity contribution in [3.05, 3.63) is 0 Å². The van der Waals surface area contributed by atoms with E-state index in [-0.39, 0.29) is 11.8 Å². The van der Waals surface area contributed by atoms with E-state index in [0.717, 1.165) is 32.0 Å². The van der Waals surface area contributed by atoms with Gasteiger partial charge >= 0.3 is 0 Å². The molecule has 1 aliphatic heterocycles. The molecule has 0 spiro atoms. The number of amides is 1. The standard InChI is InChI=1S/C15H30N2O/c1-11(2)14(12(3)4)15(18)17-10-7-13-5-8-16-9-6-13/h11-14,16H,5-10H2,1-4H3,(H,17,18). The van der Waals surface area contributed by atoms with Crippen molar-refractivity contribution in [2.24, 2.45) is 23.7 Å². The average molecular weight is 254 g/mol. The Hall–Kier alpha value is -0.570. The molecule has 0 aromatic carbocycles. The molecule has 1 saturated heterocycles. The summed E-state index contributed by atoms with van der Waals surface area (Å²) >= 11 is 0. The van der Waals surface area contributed by atoms with Crippen molar-refractivity contribution >= 4 is 5.91 Å². The number of carbonyl (C=O) groups is 1. The molecule has 1 rings (SSSR count). The Bertz CT molecular complexity index is 237. The van der Waals surface area contributed by atoms with E-state index in [1.807, 2.05) is 0 Å². The molecule has 0 radical (unpaired) electrons. The van der Waals surface area contributed by atoms with E-state index in [0.29, 0.717) is 11.8 Å². The Balaban J connectivity index is 2.26. The minimum absolute atomic E-state index is 0.151. The van der Waals surface area contributed by atoms with Crippen molar-refractivity contribution in [1.82, 2.24) is 10.6 Å². The van der Waals surface area contributed by atoms with Crippen LogP contribution in [0.25, 0.3) is 0 Å². The summed E-state index contributed by atoms with van der Waals surface area (Å²) in [5.41, 5.74) is 0. The van der Waals surface area contributed by atoms with Gasteiger partial charge < -0.3 is 10.6 Å². The molecule has 1 fully saturated rings. The molecular formula is C15H30N2O. The lowest BCUT2D eigenvalue weighted by atomic mass is 9.85. The van der Waals surface area contributed by atoms with Crippen LogP contribution in [0.2, 0.25) is 0 Å². The fourth-order valence-electron chi connectivity index (χ4n) is 3.06. The highest BCUT2D eigenvalue weighted by Gasteiger charge is 2.25. The highest BCUT2D eigenvalue weighted by Crippen LogP contribution is 2.21. The van der Waals surface area contributed by atoms with Crippen LogP contribution in [0.1, 0.15) is 47.0 Å². The maximum atomic E-state index is 12.1. The van der Waals surface area contributed by atoms with Crippen LogP contribution in [0.4, 0.5) is 0 Å². The number of nitrogens with one attached hydrogen (secondary N) is 2. The molecule has 1 aliphatic rings. The first kappa shape index (κ1) is 15.5. The van der Waals surface area contributed by atoms with Crippen LogP contribution in [0.5, 0.6) is 0 Å². The Morgan fingerprint density at radius 1 is 1.17 bits per heavy atom. The third kappa shape index (κ3) is 4.97. The molecule has 0 bridgehead atoms. The van der Waals surface area contributed by atoms with Crippen LogP contribution in [0, 0.1) is 23.7 Å². The van der Waals surface area contributed by atoms with E-state index in [1.54, 1.807) is 0 Å². The zero-order chi connectivity index (χ0) is 13.5. The molecule has 0 saturated carbocycles. The van der Waals surface area contributed by atoms with E-state index in [1.165, 1.54) is 12.8 Å². The normalized spacial score (nSPS) is 17.7. The first-order valence-electron chi connectivity index (χ1n) is 7.50. The van der Waals surface area contributed by atoms with Gasteiger partial charge in [0.25, 0.3) is 0 Å². The van der Waals surface area contributed by atoms with Gasteiger partial charge in [0.2, 0.25) is 5.91 Å². The predicted octanol–water partition coefficient (Wildman–Crippen LogP) is 2.42. The lowest BCUT2D eigenvalue weighted by Crippen LogP contribution is -2.38. The molecule has 1 amide bonds. The number of hydrogen-bond donors (Lipinski definition) is 2. The summed E-state index contributed by atoms with van der Waals surface area (Å²) in [5.74, 6) is 2.03. The number of hydrogen-bond acceptors (Lipinski definition) is 2. The third-order valence-corrected chi connectivity index (χ3v) is 4.05. The summed E-state index contributed by atoms with van der Waals surface area (Å²) < 4.78 is 0. The van der Waals surface area contributed by atoms with Gasteiger partial charge in [0.05, 0.1) is 0 Å². The lowest BCUT2D eigenvalue weighted by molar-refractivity contribution is -0.127. The predicted molar refractivity (Wildman–Crippen MR) is 76.4 cm³/mol. The summed E-state index contributed by atoms with van der Waals surface area (Å²) in [4.78, 5) is 12.1. The molecular weight excluding hydrogens is 224 g/mol. The fourth-order valence-corrected chi connectivity index (χ4v) is 3.06. The first-order chi connectivity index (χ1) is 8.52. The van der Waals surface area contributed by atoms with Gasteiger partial charge in [-0.2, -0.15) is 0 Å². The zero-order valence-corrected chi connectivity index (χ0v) is 12.5. The van der Waals surface area contributed by atoms with Gasteiger partial charge in [-0.05, 0) is 50.1 Å². The third-order valence-electron chi connectivity index (χ3n) is 4.05. The Morgan fingerprint density at radius 3 is 2.22 bits per heavy atom. The molecule has 0 aromatic rings. The van der Waals surface area contributed by atoms with E-state index in [4.69, 9.17) is 0 Å². The zero-order valence-electron chi connectivity index (χ0n) is 12.5. The van der Waals surface area contributed by atoms with Crippen molar-refractivity contribution in [3.8, 4) is 0 Å². The van der Waals surface area contributed by atoms with Crippen molar-refractivity contribution in [2.75, 3.05) is 19.6 Å². The number of carbonyl (C=O) groups excluding carboxylic acids is 1. The minimum atomic E-state index is 0.151. The average Bonchev–Trinajstić information content (AvgIpc) is 2.29. The highest BCUT2D eigenvalue weighted by molar-refractivity contribution is 5.79. The molecule has 106 valence electrons. The van der Waals surface area contributed by atoms with Gasteiger partial charge in [0.1, 0.15) is 0 Å². The topological polar surface area (TPSA) is 41.1 Å². The largest absolute Gasteiger partial charge is 0.356 e. The number of rotatable bonds is 6. The van der Waals surface area contributed by atoms with Gasteiger partial charge in [-0.15, -0.1) is 0 Å². The van der Waals surface area contributed by atoms with E-state index >= 15 is 0 Å². The molecule has 0 aliphatic carbocycles. The van der Waals surface area contributed by atoms with Crippen molar-refractivity contribution in [1.29, 1.82) is 0 Å². The molecule has 0 unspecified atom stereocenters. The SMILES string of the molecule is CC(C)C(C(=O)NCCC1CCNCC1)C(C)C. The lowest BCUT2D eigenvalue weighted by Gasteiger charge is -2.25. The fraction of sp³-hybridized carbons (Fsp3) is 0.933. The van der Waals surface area contributed by atoms with Crippen LogP contribution in [0.3, 0.4) is 0 Å². The Morgan fingerprint density at radius 2 is 1.72 bits per heavy atom. The summed E-state index contributed by atoms with van der Waals surface area (Å²) in [5, 5.41) is 6.51. The summed E-state index contributed by atoms with van der Waals surface area (Å²) in [6.07, 6.45) is 3.65. The summed E-state index contributed by atoms with van der Waals surface area (Å²) in [7, 11) is 0. The van der Waals surface area contributed by atoms with Crippen LogP contribution < -0.4 is 10.6 Å². The van der Waals surface area contributed by atoms with Gasteiger partial charge in [-0.25, -0.2) is 0 Å². The van der Waals surface area contributed by atoms with Crippen LogP contribution in [0.15, 0.2) is 0 Å². The maximum absolute atomic E-state index is 12.1. The van der Waals surface area contributed by atoms with Crippen molar-refractivity contribution in [3.63, 3.8) is 0 Å². The molecule has 3 nitrogen and oxygen atoms in total. The van der Waals surface area contributed by atoms with Crippen LogP contribution >= 0.6 is 0 Å². The molecule has 18 heavy (non-hydrogen) atoms. The van der Waals surface area contributed by atoms with E-state index < -0.39 is 0 Å². The van der Waals surface area contributed by atoms with E-state index in [2.05, 4.69) is 38.3 Å². The first-order valence-corrected chi connectivity index (χ1v) is 7.50. The van der Waals surface area contributed by atoms with Crippen molar-refractivity contribution < 1.29 is 4.79 Å². The molecule has 0 atom stereocenters. The van der Waals surface area contributed by atoms with Gasteiger partial charge in [0.15, 0.2) is 0 Å². The van der Waals surface area contributed by atoms with Crippen LogP contribution in [-0.2, 0) is 4.79 Å². The second-order valence-corrected chi connectivity index (χ2v) is 6.29. The smallest absolute Gasteiger partial charge is 0.223 e. The second kappa shape index (κ2) is 7.78. The summed E-state index contributed by atoms with van der Waals surface area (Å²) in [6, 6.07) is 0. The highest BCUT2D eigenvalue weighted by atomic mass is 16.1. The van der Waals surface area contributed by atoms with Crippen LogP contribution in [-0.4, -0.2) is 25.5 Å². The molecule has 0 aromatic heterocycles. The summed E-state index contributed by atoms with van der Waals surface area (Å²) in [6.45, 7) is 11.7. The Labute approximate surface area is 112 Å². The Kier molecular flexibility index (Phi) is 6.69. The van der Waals surface area contributed by atoms with Gasteiger partial charge in [-0.1, -0.05) is 27.7 Å². The second-order valence-electron chi connectivity index (χ2n) is 6.29. The molecule has 2 N–H and O–H groups in total.